The Morgan fingerprint density at radius 2 is 0.695 bits per heavy atom. The van der Waals surface area contributed by atoms with E-state index in [2.05, 4.69) is 19.2 Å². The van der Waals surface area contributed by atoms with Crippen LogP contribution in [0.3, 0.4) is 0 Å². The van der Waals surface area contributed by atoms with Crippen LogP contribution in [0, 0.1) is 0 Å². The number of esters is 1. The molecule has 2 atom stereocenters. The van der Waals surface area contributed by atoms with Crippen LogP contribution in [-0.2, 0) is 14.3 Å². The fourth-order valence-corrected chi connectivity index (χ4v) is 8.52. The summed E-state index contributed by atoms with van der Waals surface area (Å²) < 4.78 is 5.47. The van der Waals surface area contributed by atoms with Crippen LogP contribution in [0.2, 0.25) is 0 Å². The molecule has 0 spiro atoms. The van der Waals surface area contributed by atoms with Crippen LogP contribution in [0.15, 0.2) is 0 Å². The van der Waals surface area contributed by atoms with Crippen molar-refractivity contribution in [2.45, 2.75) is 315 Å². The molecule has 0 aliphatic heterocycles. The maximum Gasteiger partial charge on any atom is 0.305 e. The molecule has 0 rings (SSSR count). The molecule has 2 unspecified atom stereocenters. The second-order valence-electron chi connectivity index (χ2n) is 18.6. The molecule has 0 aliphatic rings. The van der Waals surface area contributed by atoms with Crippen molar-refractivity contribution >= 4 is 11.9 Å². The van der Waals surface area contributed by atoms with Crippen molar-refractivity contribution < 1.29 is 24.5 Å². The lowest BCUT2D eigenvalue weighted by atomic mass is 10.0. The van der Waals surface area contributed by atoms with E-state index >= 15 is 0 Å². The highest BCUT2D eigenvalue weighted by atomic mass is 16.5. The summed E-state index contributed by atoms with van der Waals surface area (Å²) in [6.45, 7) is 4.92. The summed E-state index contributed by atoms with van der Waals surface area (Å²) in [5.41, 5.74) is 0. The van der Waals surface area contributed by atoms with Gasteiger partial charge in [0, 0.05) is 12.8 Å². The molecule has 0 saturated heterocycles. The summed E-state index contributed by atoms with van der Waals surface area (Å²) in [4.78, 5) is 24.5. The fraction of sp³-hybridized carbons (Fsp3) is 0.962. The average Bonchev–Trinajstić information content (AvgIpc) is 3.24. The van der Waals surface area contributed by atoms with E-state index in [1.165, 1.54) is 212 Å². The number of carbonyl (C=O) groups excluding carboxylic acids is 2. The Morgan fingerprint density at radius 1 is 0.407 bits per heavy atom. The van der Waals surface area contributed by atoms with Crippen molar-refractivity contribution in [2.75, 3.05) is 13.2 Å². The molecule has 0 aromatic rings. The van der Waals surface area contributed by atoms with Crippen molar-refractivity contribution in [3.05, 3.63) is 0 Å². The molecule has 0 fully saturated rings. The molecular formula is C53H105NO5. The summed E-state index contributed by atoms with van der Waals surface area (Å²) in [5, 5.41) is 23.2. The Bertz CT molecular complexity index is 837. The van der Waals surface area contributed by atoms with Gasteiger partial charge in [-0.25, -0.2) is 0 Å². The number of unbranched alkanes of at least 4 members (excludes halogenated alkanes) is 39. The molecule has 0 radical (unpaired) electrons. The molecule has 59 heavy (non-hydrogen) atoms. The number of ether oxygens (including phenoxy) is 1. The number of aliphatic hydroxyl groups is 2. The van der Waals surface area contributed by atoms with Gasteiger partial charge in [0.2, 0.25) is 5.91 Å². The number of nitrogens with one attached hydrogen (secondary N) is 1. The summed E-state index contributed by atoms with van der Waals surface area (Å²) in [7, 11) is 0. The summed E-state index contributed by atoms with van der Waals surface area (Å²) in [6.07, 6.45) is 55.0. The van der Waals surface area contributed by atoms with E-state index in [1.54, 1.807) is 0 Å². The zero-order valence-electron chi connectivity index (χ0n) is 40.0. The average molecular weight is 836 g/mol. The lowest BCUT2D eigenvalue weighted by Gasteiger charge is -2.22. The Balaban J connectivity index is 3.43. The standard InChI is InChI=1S/C53H105NO5/c1-3-5-7-9-11-13-15-17-19-20-21-22-24-26-31-35-39-43-47-53(58)59-48-44-40-36-32-28-27-30-34-38-42-46-52(57)54-50(49-55)51(56)45-41-37-33-29-25-23-18-16-14-12-10-8-6-4-2/h50-51,55-56H,3-49H2,1-2H3,(H,54,57). The first-order valence-electron chi connectivity index (χ1n) is 26.8. The maximum absolute atomic E-state index is 12.4. The van der Waals surface area contributed by atoms with Crippen molar-refractivity contribution in [3.8, 4) is 0 Å². The molecule has 0 heterocycles. The molecule has 3 N–H and O–H groups in total. The highest BCUT2D eigenvalue weighted by molar-refractivity contribution is 5.76. The van der Waals surface area contributed by atoms with Crippen LogP contribution in [0.1, 0.15) is 303 Å². The molecule has 0 aromatic carbocycles. The summed E-state index contributed by atoms with van der Waals surface area (Å²) in [6, 6.07) is -0.556. The second-order valence-corrected chi connectivity index (χ2v) is 18.6. The number of amides is 1. The van der Waals surface area contributed by atoms with Crippen molar-refractivity contribution in [3.63, 3.8) is 0 Å². The predicted octanol–water partition coefficient (Wildman–Crippen LogP) is 16.0. The monoisotopic (exact) mass is 836 g/mol. The first-order chi connectivity index (χ1) is 29.0. The predicted molar refractivity (Wildman–Crippen MR) is 255 cm³/mol. The number of rotatable bonds is 50. The highest BCUT2D eigenvalue weighted by Gasteiger charge is 2.20. The Kier molecular flexibility index (Phi) is 48.6. The van der Waals surface area contributed by atoms with E-state index in [4.69, 9.17) is 4.74 Å². The molecule has 6 nitrogen and oxygen atoms in total. The Morgan fingerprint density at radius 3 is 1.03 bits per heavy atom. The SMILES string of the molecule is CCCCCCCCCCCCCCCCCCCCC(=O)OCCCCCCCCCCCCC(=O)NC(CO)C(O)CCCCCCCCCCCCCCCC. The van der Waals surface area contributed by atoms with Crippen molar-refractivity contribution in [1.29, 1.82) is 0 Å². The van der Waals surface area contributed by atoms with E-state index in [-0.39, 0.29) is 18.5 Å². The van der Waals surface area contributed by atoms with Gasteiger partial charge in [-0.05, 0) is 25.7 Å². The highest BCUT2D eigenvalue weighted by Crippen LogP contribution is 2.17. The van der Waals surface area contributed by atoms with Gasteiger partial charge in [0.05, 0.1) is 25.4 Å². The van der Waals surface area contributed by atoms with E-state index in [0.29, 0.717) is 25.9 Å². The number of hydrogen-bond acceptors (Lipinski definition) is 5. The topological polar surface area (TPSA) is 95.9 Å². The van der Waals surface area contributed by atoms with Gasteiger partial charge in [0.25, 0.3) is 0 Å². The number of hydrogen-bond donors (Lipinski definition) is 3. The second kappa shape index (κ2) is 49.5. The van der Waals surface area contributed by atoms with Gasteiger partial charge in [-0.2, -0.15) is 0 Å². The summed E-state index contributed by atoms with van der Waals surface area (Å²) >= 11 is 0. The van der Waals surface area contributed by atoms with E-state index in [9.17, 15) is 19.8 Å². The lowest BCUT2D eigenvalue weighted by Crippen LogP contribution is -2.45. The minimum atomic E-state index is -0.676. The lowest BCUT2D eigenvalue weighted by molar-refractivity contribution is -0.143. The molecule has 1 amide bonds. The molecule has 6 heteroatoms. The molecule has 0 aliphatic carbocycles. The van der Waals surface area contributed by atoms with Gasteiger partial charge < -0.3 is 20.3 Å². The molecule has 0 saturated carbocycles. The van der Waals surface area contributed by atoms with E-state index in [1.807, 2.05) is 0 Å². The third kappa shape index (κ3) is 46.2. The van der Waals surface area contributed by atoms with Gasteiger partial charge in [-0.1, -0.05) is 264 Å². The zero-order valence-corrected chi connectivity index (χ0v) is 40.0. The minimum absolute atomic E-state index is 0.0137. The van der Waals surface area contributed by atoms with Crippen LogP contribution in [0.4, 0.5) is 0 Å². The van der Waals surface area contributed by atoms with E-state index in [0.717, 1.165) is 57.8 Å². The normalized spacial score (nSPS) is 12.5. The molecule has 0 aromatic heterocycles. The first-order valence-corrected chi connectivity index (χ1v) is 26.8. The van der Waals surface area contributed by atoms with Gasteiger partial charge in [-0.15, -0.1) is 0 Å². The van der Waals surface area contributed by atoms with Crippen LogP contribution in [-0.4, -0.2) is 47.4 Å². The zero-order chi connectivity index (χ0) is 43.0. The van der Waals surface area contributed by atoms with Crippen molar-refractivity contribution in [1.82, 2.24) is 5.32 Å². The first kappa shape index (κ1) is 57.9. The molecule has 352 valence electrons. The molecule has 0 bridgehead atoms. The van der Waals surface area contributed by atoms with Crippen LogP contribution in [0.5, 0.6) is 0 Å². The number of aliphatic hydroxyl groups excluding tert-OH is 2. The maximum atomic E-state index is 12.4. The smallest absolute Gasteiger partial charge is 0.305 e. The fourth-order valence-electron chi connectivity index (χ4n) is 8.52. The third-order valence-corrected chi connectivity index (χ3v) is 12.7. The van der Waals surface area contributed by atoms with E-state index < -0.39 is 12.1 Å². The van der Waals surface area contributed by atoms with Gasteiger partial charge >= 0.3 is 5.97 Å². The van der Waals surface area contributed by atoms with Crippen LogP contribution in [0.25, 0.3) is 0 Å². The Labute approximate surface area is 368 Å². The summed E-state index contributed by atoms with van der Waals surface area (Å²) in [5.74, 6) is -0.0690. The van der Waals surface area contributed by atoms with Crippen LogP contribution < -0.4 is 5.32 Å². The largest absolute Gasteiger partial charge is 0.466 e. The molecular weight excluding hydrogens is 731 g/mol. The van der Waals surface area contributed by atoms with Gasteiger partial charge in [-0.3, -0.25) is 9.59 Å². The van der Waals surface area contributed by atoms with Gasteiger partial charge in [0.15, 0.2) is 0 Å². The number of carbonyl (C=O) groups is 2. The van der Waals surface area contributed by atoms with Crippen molar-refractivity contribution in [2.24, 2.45) is 0 Å². The Hall–Kier alpha value is -1.14. The van der Waals surface area contributed by atoms with Gasteiger partial charge in [0.1, 0.15) is 0 Å². The quantitative estimate of drug-likeness (QED) is 0.0419. The minimum Gasteiger partial charge on any atom is -0.466 e. The third-order valence-electron chi connectivity index (χ3n) is 12.7. The van der Waals surface area contributed by atoms with Crippen LogP contribution >= 0.6 is 0 Å².